The van der Waals surface area contributed by atoms with Crippen LogP contribution in [0.2, 0.25) is 0 Å². The van der Waals surface area contributed by atoms with Gasteiger partial charge < -0.3 is 9.94 Å². The summed E-state index contributed by atoms with van der Waals surface area (Å²) in [5, 5.41) is 8.89. The number of nitrogens with two attached hydrogens (primary N) is 1. The Morgan fingerprint density at radius 3 is 2.55 bits per heavy atom. The minimum atomic E-state index is -0.465. The standard InChI is InChI=1S/C7H7NO3/c8-11-5-1-3-6(9)7(10)4-2-5/h1-4H,8H2,(H,9,10). The average molecular weight is 153 g/mol. The second kappa shape index (κ2) is 3.03. The molecule has 1 aromatic rings. The van der Waals surface area contributed by atoms with Gasteiger partial charge in [-0.3, -0.25) is 4.79 Å². The molecular weight excluding hydrogens is 146 g/mol. The van der Waals surface area contributed by atoms with Crippen LogP contribution in [0.3, 0.4) is 0 Å². The van der Waals surface area contributed by atoms with E-state index >= 15 is 0 Å². The highest BCUT2D eigenvalue weighted by Crippen LogP contribution is 2.07. The summed E-state index contributed by atoms with van der Waals surface area (Å²) < 4.78 is 0. The van der Waals surface area contributed by atoms with Crippen LogP contribution in [-0.4, -0.2) is 5.11 Å². The molecule has 4 heteroatoms. The molecule has 0 aliphatic heterocycles. The molecule has 0 saturated heterocycles. The fraction of sp³-hybridized carbons (Fsp3) is 0. The van der Waals surface area contributed by atoms with Crippen molar-refractivity contribution in [3.05, 3.63) is 34.5 Å². The average Bonchev–Trinajstić information content (AvgIpc) is 2.16. The van der Waals surface area contributed by atoms with Gasteiger partial charge in [0.15, 0.2) is 5.75 Å². The zero-order chi connectivity index (χ0) is 8.27. The summed E-state index contributed by atoms with van der Waals surface area (Å²) in [5.74, 6) is 4.82. The molecule has 0 aliphatic carbocycles. The first-order valence-corrected chi connectivity index (χ1v) is 2.94. The summed E-state index contributed by atoms with van der Waals surface area (Å²) in [7, 11) is 0. The van der Waals surface area contributed by atoms with E-state index in [0.29, 0.717) is 5.75 Å². The predicted octanol–water partition coefficient (Wildman–Crippen LogP) is 0.00490. The molecule has 58 valence electrons. The molecule has 0 heterocycles. The largest absolute Gasteiger partial charge is 0.504 e. The molecular formula is C7H7NO3. The second-order valence-electron chi connectivity index (χ2n) is 1.94. The maximum Gasteiger partial charge on any atom is 0.220 e. The number of aromatic hydroxyl groups is 1. The molecule has 0 saturated carbocycles. The third-order valence-corrected chi connectivity index (χ3v) is 1.19. The Morgan fingerprint density at radius 1 is 1.27 bits per heavy atom. The molecule has 0 aromatic heterocycles. The Balaban J connectivity index is 3.28. The van der Waals surface area contributed by atoms with E-state index in [1.807, 2.05) is 0 Å². The van der Waals surface area contributed by atoms with Gasteiger partial charge in [0.25, 0.3) is 0 Å². The van der Waals surface area contributed by atoms with Crippen molar-refractivity contribution in [1.82, 2.24) is 0 Å². The molecule has 0 radical (unpaired) electrons. The number of hydrogen-bond donors (Lipinski definition) is 2. The highest BCUT2D eigenvalue weighted by atomic mass is 16.6. The normalized spacial score (nSPS) is 9.18. The van der Waals surface area contributed by atoms with Crippen molar-refractivity contribution >= 4 is 0 Å². The van der Waals surface area contributed by atoms with Gasteiger partial charge in [0.1, 0.15) is 5.75 Å². The number of hydrogen-bond acceptors (Lipinski definition) is 4. The Hall–Kier alpha value is -1.55. The van der Waals surface area contributed by atoms with E-state index in [0.717, 1.165) is 0 Å². The molecule has 0 unspecified atom stereocenters. The summed E-state index contributed by atoms with van der Waals surface area (Å²) in [6.45, 7) is 0. The van der Waals surface area contributed by atoms with Crippen LogP contribution in [0.1, 0.15) is 0 Å². The Labute approximate surface area is 62.8 Å². The van der Waals surface area contributed by atoms with Crippen molar-refractivity contribution in [2.75, 3.05) is 0 Å². The lowest BCUT2D eigenvalue weighted by atomic mass is 10.5. The van der Waals surface area contributed by atoms with Gasteiger partial charge in [-0.05, 0) is 24.3 Å². The van der Waals surface area contributed by atoms with Crippen molar-refractivity contribution < 1.29 is 9.94 Å². The Morgan fingerprint density at radius 2 is 1.91 bits per heavy atom. The van der Waals surface area contributed by atoms with E-state index < -0.39 is 5.43 Å². The van der Waals surface area contributed by atoms with Crippen LogP contribution in [0.15, 0.2) is 29.1 Å². The van der Waals surface area contributed by atoms with Gasteiger partial charge in [-0.15, -0.1) is 0 Å². The molecule has 0 fully saturated rings. The molecule has 0 atom stereocenters. The van der Waals surface area contributed by atoms with Crippen LogP contribution < -0.4 is 16.2 Å². The SMILES string of the molecule is NOc1ccc(O)c(=O)cc1. The smallest absolute Gasteiger partial charge is 0.220 e. The third-order valence-electron chi connectivity index (χ3n) is 1.19. The van der Waals surface area contributed by atoms with Crippen LogP contribution in [0, 0.1) is 0 Å². The molecule has 3 N–H and O–H groups in total. The van der Waals surface area contributed by atoms with Crippen LogP contribution in [0.5, 0.6) is 11.5 Å². The van der Waals surface area contributed by atoms with Crippen LogP contribution >= 0.6 is 0 Å². The first-order chi connectivity index (χ1) is 5.24. The van der Waals surface area contributed by atoms with E-state index in [1.165, 1.54) is 24.3 Å². The summed E-state index contributed by atoms with van der Waals surface area (Å²) in [4.78, 5) is 15.1. The minimum Gasteiger partial charge on any atom is -0.504 e. The van der Waals surface area contributed by atoms with Crippen LogP contribution in [0.4, 0.5) is 0 Å². The predicted molar refractivity (Wildman–Crippen MR) is 39.2 cm³/mol. The third kappa shape index (κ3) is 1.68. The summed E-state index contributed by atoms with van der Waals surface area (Å²) in [5.41, 5.74) is -0.465. The molecule has 0 bridgehead atoms. The van der Waals surface area contributed by atoms with Gasteiger partial charge >= 0.3 is 0 Å². The fourth-order valence-electron chi connectivity index (χ4n) is 0.621. The lowest BCUT2D eigenvalue weighted by Gasteiger charge is -1.89. The summed E-state index contributed by atoms with van der Waals surface area (Å²) in [6, 6.07) is 5.18. The van der Waals surface area contributed by atoms with E-state index in [1.54, 1.807) is 0 Å². The lowest BCUT2D eigenvalue weighted by molar-refractivity contribution is 0.335. The van der Waals surface area contributed by atoms with Gasteiger partial charge in [-0.25, -0.2) is 0 Å². The minimum absolute atomic E-state index is 0.322. The van der Waals surface area contributed by atoms with Crippen molar-refractivity contribution in [3.8, 4) is 11.5 Å². The maximum atomic E-state index is 10.7. The van der Waals surface area contributed by atoms with E-state index in [4.69, 9.17) is 11.0 Å². The lowest BCUT2D eigenvalue weighted by Crippen LogP contribution is -2.00. The van der Waals surface area contributed by atoms with Crippen molar-refractivity contribution in [2.24, 2.45) is 5.90 Å². The maximum absolute atomic E-state index is 10.7. The quantitative estimate of drug-likeness (QED) is 0.557. The topological polar surface area (TPSA) is 72.6 Å². The highest BCUT2D eigenvalue weighted by molar-refractivity contribution is 5.27. The van der Waals surface area contributed by atoms with Crippen LogP contribution in [-0.2, 0) is 0 Å². The van der Waals surface area contributed by atoms with Gasteiger partial charge in [0.05, 0.1) is 0 Å². The van der Waals surface area contributed by atoms with Gasteiger partial charge in [0, 0.05) is 0 Å². The van der Waals surface area contributed by atoms with E-state index in [-0.39, 0.29) is 5.75 Å². The van der Waals surface area contributed by atoms with Crippen LogP contribution in [0.25, 0.3) is 0 Å². The van der Waals surface area contributed by atoms with E-state index in [2.05, 4.69) is 4.84 Å². The van der Waals surface area contributed by atoms with Crippen molar-refractivity contribution in [3.63, 3.8) is 0 Å². The highest BCUT2D eigenvalue weighted by Gasteiger charge is 1.92. The molecule has 0 aliphatic rings. The summed E-state index contributed by atoms with van der Waals surface area (Å²) in [6.07, 6.45) is 0. The Bertz CT molecular complexity index is 311. The summed E-state index contributed by atoms with van der Waals surface area (Å²) >= 11 is 0. The van der Waals surface area contributed by atoms with E-state index in [9.17, 15) is 4.79 Å². The first kappa shape index (κ1) is 7.56. The molecule has 1 aromatic carbocycles. The van der Waals surface area contributed by atoms with Crippen molar-refractivity contribution in [2.45, 2.75) is 0 Å². The number of rotatable bonds is 1. The van der Waals surface area contributed by atoms with Crippen molar-refractivity contribution in [1.29, 1.82) is 0 Å². The molecule has 11 heavy (non-hydrogen) atoms. The molecule has 0 spiro atoms. The molecule has 0 amide bonds. The zero-order valence-electron chi connectivity index (χ0n) is 5.65. The second-order valence-corrected chi connectivity index (χ2v) is 1.94. The Kier molecular flexibility index (Phi) is 2.08. The first-order valence-electron chi connectivity index (χ1n) is 2.94. The molecule has 4 nitrogen and oxygen atoms in total. The van der Waals surface area contributed by atoms with Gasteiger partial charge in [0.2, 0.25) is 5.43 Å². The fourth-order valence-corrected chi connectivity index (χ4v) is 0.621. The van der Waals surface area contributed by atoms with Gasteiger partial charge in [-0.1, -0.05) is 0 Å². The zero-order valence-corrected chi connectivity index (χ0v) is 5.65. The molecule has 1 rings (SSSR count). The van der Waals surface area contributed by atoms with Gasteiger partial charge in [-0.2, -0.15) is 5.90 Å². The monoisotopic (exact) mass is 153 g/mol.